The van der Waals surface area contributed by atoms with Crippen LogP contribution >= 0.6 is 0 Å². The molecule has 1 aromatic heterocycles. The Bertz CT molecular complexity index is 577. The number of pyridine rings is 1. The van der Waals surface area contributed by atoms with Gasteiger partial charge in [-0.15, -0.1) is 0 Å². The van der Waals surface area contributed by atoms with Gasteiger partial charge in [-0.2, -0.15) is 0 Å². The second-order valence-electron chi connectivity index (χ2n) is 4.62. The second kappa shape index (κ2) is 4.26. The van der Waals surface area contributed by atoms with Crippen molar-refractivity contribution in [1.82, 2.24) is 4.98 Å². The maximum Gasteiger partial charge on any atom is 0.151 e. The number of carbonyl (C=O) groups excluding carboxylic acids is 1. The first-order valence-electron chi connectivity index (χ1n) is 6.08. The van der Waals surface area contributed by atoms with E-state index in [1.54, 1.807) is 6.20 Å². The van der Waals surface area contributed by atoms with E-state index in [0.717, 1.165) is 18.5 Å². The summed E-state index contributed by atoms with van der Waals surface area (Å²) in [7, 11) is 0. The number of aromatic nitrogens is 1. The third kappa shape index (κ3) is 1.68. The van der Waals surface area contributed by atoms with Gasteiger partial charge >= 0.3 is 0 Å². The van der Waals surface area contributed by atoms with Gasteiger partial charge in [0.2, 0.25) is 0 Å². The quantitative estimate of drug-likeness (QED) is 0.754. The number of hydrogen-bond donors (Lipinski definition) is 0. The molecule has 1 aliphatic heterocycles. The van der Waals surface area contributed by atoms with Crippen LogP contribution < -0.4 is 4.90 Å². The monoisotopic (exact) mass is 238 g/mol. The minimum atomic E-state index is 0.400. The predicted octanol–water partition coefficient (Wildman–Crippen LogP) is 2.98. The van der Waals surface area contributed by atoms with Gasteiger partial charge < -0.3 is 4.90 Å². The number of rotatable bonds is 2. The largest absolute Gasteiger partial charge is 0.323 e. The number of benzene rings is 1. The van der Waals surface area contributed by atoms with E-state index < -0.39 is 0 Å². The van der Waals surface area contributed by atoms with Gasteiger partial charge in [0.05, 0.1) is 0 Å². The van der Waals surface area contributed by atoms with Crippen LogP contribution in [0.15, 0.2) is 42.6 Å². The molecule has 0 spiro atoms. The fourth-order valence-corrected chi connectivity index (χ4v) is 2.52. The minimum Gasteiger partial charge on any atom is -0.323 e. The molecule has 0 saturated heterocycles. The summed E-state index contributed by atoms with van der Waals surface area (Å²) in [6.07, 6.45) is 3.47. The highest BCUT2D eigenvalue weighted by molar-refractivity contribution is 5.75. The maximum atomic E-state index is 10.6. The molecule has 1 unspecified atom stereocenters. The van der Waals surface area contributed by atoms with Crippen molar-refractivity contribution >= 4 is 17.8 Å². The molecular formula is C15H14N2O. The summed E-state index contributed by atoms with van der Waals surface area (Å²) < 4.78 is 0. The van der Waals surface area contributed by atoms with Crippen LogP contribution in [0.25, 0.3) is 0 Å². The smallest absolute Gasteiger partial charge is 0.151 e. The lowest BCUT2D eigenvalue weighted by Crippen LogP contribution is -2.24. The number of nitrogens with zero attached hydrogens (tertiary/aromatic N) is 2. The first-order valence-corrected chi connectivity index (χ1v) is 6.08. The second-order valence-corrected chi connectivity index (χ2v) is 4.62. The number of anilines is 2. The van der Waals surface area contributed by atoms with Crippen LogP contribution in [0.1, 0.15) is 22.8 Å². The third-order valence-corrected chi connectivity index (χ3v) is 3.36. The number of aldehydes is 1. The Hall–Kier alpha value is -2.16. The zero-order valence-corrected chi connectivity index (χ0v) is 10.2. The Morgan fingerprint density at radius 2 is 2.11 bits per heavy atom. The molecule has 0 aliphatic carbocycles. The van der Waals surface area contributed by atoms with Crippen LogP contribution in [0.2, 0.25) is 0 Å². The number of hydrogen-bond acceptors (Lipinski definition) is 3. The van der Waals surface area contributed by atoms with E-state index in [1.165, 1.54) is 11.3 Å². The molecule has 1 aromatic carbocycles. The van der Waals surface area contributed by atoms with Crippen molar-refractivity contribution < 1.29 is 4.79 Å². The van der Waals surface area contributed by atoms with Gasteiger partial charge in [0.15, 0.2) is 6.29 Å². The highest BCUT2D eigenvalue weighted by Gasteiger charge is 2.27. The Labute approximate surface area is 106 Å². The summed E-state index contributed by atoms with van der Waals surface area (Å²) in [6.45, 7) is 2.19. The summed E-state index contributed by atoms with van der Waals surface area (Å²) in [6, 6.07) is 12.5. The van der Waals surface area contributed by atoms with Crippen LogP contribution in [0, 0.1) is 0 Å². The summed E-state index contributed by atoms with van der Waals surface area (Å²) in [5, 5.41) is 0. The molecular weight excluding hydrogens is 224 g/mol. The first-order chi connectivity index (χ1) is 8.79. The summed E-state index contributed by atoms with van der Waals surface area (Å²) in [5.41, 5.74) is 3.18. The van der Waals surface area contributed by atoms with Gasteiger partial charge in [0.1, 0.15) is 5.82 Å². The van der Waals surface area contributed by atoms with Crippen LogP contribution in [0.3, 0.4) is 0 Å². The summed E-state index contributed by atoms with van der Waals surface area (Å²) in [4.78, 5) is 17.2. The van der Waals surface area contributed by atoms with Crippen LogP contribution in [-0.2, 0) is 6.42 Å². The lowest BCUT2D eigenvalue weighted by atomic mass is 10.1. The van der Waals surface area contributed by atoms with Gasteiger partial charge in [-0.25, -0.2) is 4.98 Å². The molecule has 0 amide bonds. The number of fused-ring (bicyclic) bond motifs is 1. The van der Waals surface area contributed by atoms with Crippen molar-refractivity contribution in [3.05, 3.63) is 53.7 Å². The van der Waals surface area contributed by atoms with Crippen LogP contribution in [0.5, 0.6) is 0 Å². The molecule has 1 atom stereocenters. The fraction of sp³-hybridized carbons (Fsp3) is 0.200. The Balaban J connectivity index is 2.03. The summed E-state index contributed by atoms with van der Waals surface area (Å²) in [5.74, 6) is 0.901. The lowest BCUT2D eigenvalue weighted by molar-refractivity contribution is 0.112. The minimum absolute atomic E-state index is 0.400. The molecule has 3 rings (SSSR count). The van der Waals surface area contributed by atoms with Crippen molar-refractivity contribution in [2.24, 2.45) is 0 Å². The van der Waals surface area contributed by atoms with Gasteiger partial charge in [-0.1, -0.05) is 18.2 Å². The molecule has 3 nitrogen and oxygen atoms in total. The van der Waals surface area contributed by atoms with E-state index in [1.807, 2.05) is 18.2 Å². The van der Waals surface area contributed by atoms with Crippen molar-refractivity contribution in [2.75, 3.05) is 4.90 Å². The zero-order chi connectivity index (χ0) is 12.5. The average molecular weight is 238 g/mol. The van der Waals surface area contributed by atoms with E-state index in [0.29, 0.717) is 11.6 Å². The van der Waals surface area contributed by atoms with Crippen molar-refractivity contribution in [3.63, 3.8) is 0 Å². The molecule has 2 heterocycles. The van der Waals surface area contributed by atoms with E-state index in [9.17, 15) is 4.79 Å². The maximum absolute atomic E-state index is 10.6. The normalized spacial score (nSPS) is 17.6. The van der Waals surface area contributed by atoms with Gasteiger partial charge in [0, 0.05) is 23.5 Å². The van der Waals surface area contributed by atoms with E-state index in [2.05, 4.69) is 35.0 Å². The Morgan fingerprint density at radius 1 is 1.28 bits per heavy atom. The van der Waals surface area contributed by atoms with E-state index in [-0.39, 0.29) is 0 Å². The molecule has 90 valence electrons. The molecule has 2 aromatic rings. The molecule has 0 N–H and O–H groups in total. The molecule has 3 heteroatoms. The Kier molecular flexibility index (Phi) is 2.59. The molecule has 0 fully saturated rings. The fourth-order valence-electron chi connectivity index (χ4n) is 2.52. The van der Waals surface area contributed by atoms with Crippen molar-refractivity contribution in [1.29, 1.82) is 0 Å². The van der Waals surface area contributed by atoms with Crippen LogP contribution in [0.4, 0.5) is 11.5 Å². The highest BCUT2D eigenvalue weighted by Crippen LogP contribution is 2.36. The molecule has 0 bridgehead atoms. The highest BCUT2D eigenvalue weighted by atomic mass is 16.1. The predicted molar refractivity (Wildman–Crippen MR) is 71.4 cm³/mol. The molecule has 0 saturated carbocycles. The van der Waals surface area contributed by atoms with Gasteiger partial charge in [0.25, 0.3) is 0 Å². The zero-order valence-electron chi connectivity index (χ0n) is 10.2. The topological polar surface area (TPSA) is 33.2 Å². The lowest BCUT2D eigenvalue weighted by Gasteiger charge is -2.23. The first kappa shape index (κ1) is 11.0. The van der Waals surface area contributed by atoms with Gasteiger partial charge in [-0.05, 0) is 37.1 Å². The molecule has 0 radical (unpaired) electrons. The standard InChI is InChI=1S/C15H14N2O/c1-11-8-13-4-2-3-5-14(13)17(11)15-7-6-12(10-18)9-16-15/h2-7,9-11H,8H2,1H3. The van der Waals surface area contributed by atoms with Crippen molar-refractivity contribution in [2.45, 2.75) is 19.4 Å². The summed E-state index contributed by atoms with van der Waals surface area (Å²) >= 11 is 0. The Morgan fingerprint density at radius 3 is 2.83 bits per heavy atom. The van der Waals surface area contributed by atoms with E-state index in [4.69, 9.17) is 0 Å². The third-order valence-electron chi connectivity index (χ3n) is 3.36. The van der Waals surface area contributed by atoms with Gasteiger partial charge in [-0.3, -0.25) is 4.79 Å². The number of para-hydroxylation sites is 1. The number of carbonyl (C=O) groups is 1. The molecule has 18 heavy (non-hydrogen) atoms. The van der Waals surface area contributed by atoms with Crippen LogP contribution in [-0.4, -0.2) is 17.3 Å². The SMILES string of the molecule is CC1Cc2ccccc2N1c1ccc(C=O)cn1. The van der Waals surface area contributed by atoms with E-state index >= 15 is 0 Å². The molecule has 1 aliphatic rings. The average Bonchev–Trinajstić information content (AvgIpc) is 2.75. The van der Waals surface area contributed by atoms with Crippen molar-refractivity contribution in [3.8, 4) is 0 Å².